The molecular formula is C15H14N4O2. The Morgan fingerprint density at radius 2 is 2.19 bits per heavy atom. The molecule has 3 rings (SSSR count). The molecule has 0 aliphatic carbocycles. The Labute approximate surface area is 121 Å². The van der Waals surface area contributed by atoms with Gasteiger partial charge in [-0.3, -0.25) is 10.1 Å². The van der Waals surface area contributed by atoms with Crippen LogP contribution >= 0.6 is 0 Å². The summed E-state index contributed by atoms with van der Waals surface area (Å²) in [7, 11) is 0. The van der Waals surface area contributed by atoms with Gasteiger partial charge in [0.15, 0.2) is 0 Å². The summed E-state index contributed by atoms with van der Waals surface area (Å²) in [5.41, 5.74) is 3.24. The Morgan fingerprint density at radius 1 is 1.33 bits per heavy atom. The Balaban J connectivity index is 1.84. The van der Waals surface area contributed by atoms with E-state index in [1.54, 1.807) is 12.1 Å². The molecule has 0 saturated carbocycles. The molecule has 21 heavy (non-hydrogen) atoms. The first-order valence-electron chi connectivity index (χ1n) is 6.55. The molecule has 2 aromatic heterocycles. The molecule has 2 heterocycles. The molecule has 0 spiro atoms. The van der Waals surface area contributed by atoms with E-state index in [1.807, 2.05) is 41.9 Å². The van der Waals surface area contributed by atoms with Crippen molar-refractivity contribution in [1.29, 1.82) is 0 Å². The number of nitrogens with one attached hydrogen (secondary N) is 1. The SMILES string of the molecule is Cc1ccc([N+](=O)[O-])c(NCc2cn3ccccc3n2)c1. The molecule has 0 unspecified atom stereocenters. The number of pyridine rings is 1. The van der Waals surface area contributed by atoms with Crippen LogP contribution in [0.3, 0.4) is 0 Å². The molecule has 0 atom stereocenters. The molecule has 0 aliphatic rings. The van der Waals surface area contributed by atoms with Gasteiger partial charge in [-0.25, -0.2) is 4.98 Å². The Morgan fingerprint density at radius 3 is 2.95 bits per heavy atom. The maximum atomic E-state index is 11.0. The van der Waals surface area contributed by atoms with E-state index < -0.39 is 0 Å². The van der Waals surface area contributed by atoms with E-state index in [1.165, 1.54) is 6.07 Å². The van der Waals surface area contributed by atoms with E-state index in [0.717, 1.165) is 16.9 Å². The van der Waals surface area contributed by atoms with Crippen LogP contribution in [0.2, 0.25) is 0 Å². The fourth-order valence-corrected chi connectivity index (χ4v) is 2.21. The lowest BCUT2D eigenvalue weighted by Gasteiger charge is -2.06. The molecule has 6 nitrogen and oxygen atoms in total. The second-order valence-corrected chi connectivity index (χ2v) is 4.83. The third-order valence-electron chi connectivity index (χ3n) is 3.22. The van der Waals surface area contributed by atoms with Gasteiger partial charge in [0.1, 0.15) is 11.3 Å². The number of nitro groups is 1. The summed E-state index contributed by atoms with van der Waals surface area (Å²) in [5.74, 6) is 0. The number of fused-ring (bicyclic) bond motifs is 1. The molecule has 1 aromatic carbocycles. The van der Waals surface area contributed by atoms with Crippen LogP contribution in [0.1, 0.15) is 11.3 Å². The zero-order valence-electron chi connectivity index (χ0n) is 11.5. The number of benzene rings is 1. The van der Waals surface area contributed by atoms with Gasteiger partial charge in [-0.05, 0) is 30.7 Å². The number of hydrogen-bond acceptors (Lipinski definition) is 4. The lowest BCUT2D eigenvalue weighted by molar-refractivity contribution is -0.384. The molecule has 1 N–H and O–H groups in total. The topological polar surface area (TPSA) is 72.5 Å². The summed E-state index contributed by atoms with van der Waals surface area (Å²) in [6.45, 7) is 2.34. The predicted octanol–water partition coefficient (Wildman–Crippen LogP) is 3.16. The lowest BCUT2D eigenvalue weighted by Crippen LogP contribution is -2.03. The van der Waals surface area contributed by atoms with Crippen molar-refractivity contribution in [3.05, 3.63) is 70.2 Å². The quantitative estimate of drug-likeness (QED) is 0.589. The van der Waals surface area contributed by atoms with Gasteiger partial charge in [-0.1, -0.05) is 12.1 Å². The minimum atomic E-state index is -0.383. The molecular weight excluding hydrogens is 268 g/mol. The molecule has 3 aromatic rings. The first-order valence-corrected chi connectivity index (χ1v) is 6.55. The molecule has 106 valence electrons. The summed E-state index contributed by atoms with van der Waals surface area (Å²) in [5, 5.41) is 14.1. The fourth-order valence-electron chi connectivity index (χ4n) is 2.21. The number of imidazole rings is 1. The second kappa shape index (κ2) is 5.24. The monoisotopic (exact) mass is 282 g/mol. The average molecular weight is 282 g/mol. The van der Waals surface area contributed by atoms with Gasteiger partial charge >= 0.3 is 0 Å². The van der Waals surface area contributed by atoms with Crippen molar-refractivity contribution in [3.63, 3.8) is 0 Å². The second-order valence-electron chi connectivity index (χ2n) is 4.83. The van der Waals surface area contributed by atoms with Gasteiger partial charge in [0, 0.05) is 18.5 Å². The lowest BCUT2D eigenvalue weighted by atomic mass is 10.2. The highest BCUT2D eigenvalue weighted by molar-refractivity contribution is 5.62. The van der Waals surface area contributed by atoms with E-state index in [-0.39, 0.29) is 10.6 Å². The van der Waals surface area contributed by atoms with Crippen LogP contribution in [-0.4, -0.2) is 14.3 Å². The van der Waals surface area contributed by atoms with Gasteiger partial charge in [0.2, 0.25) is 0 Å². The Hall–Kier alpha value is -2.89. The van der Waals surface area contributed by atoms with Gasteiger partial charge in [0.05, 0.1) is 17.2 Å². The van der Waals surface area contributed by atoms with E-state index in [2.05, 4.69) is 10.3 Å². The number of nitro benzene ring substituents is 1. The van der Waals surface area contributed by atoms with Crippen LogP contribution in [0, 0.1) is 17.0 Å². The first kappa shape index (κ1) is 13.1. The van der Waals surface area contributed by atoms with Gasteiger partial charge in [-0.15, -0.1) is 0 Å². The smallest absolute Gasteiger partial charge is 0.292 e. The molecule has 0 radical (unpaired) electrons. The number of aromatic nitrogens is 2. The van der Waals surface area contributed by atoms with Gasteiger partial charge in [-0.2, -0.15) is 0 Å². The van der Waals surface area contributed by atoms with Crippen molar-refractivity contribution < 1.29 is 4.92 Å². The summed E-state index contributed by atoms with van der Waals surface area (Å²) in [6.07, 6.45) is 3.82. The molecule has 0 fully saturated rings. The minimum Gasteiger partial charge on any atom is -0.374 e. The Bertz CT molecular complexity index is 777. The highest BCUT2D eigenvalue weighted by Crippen LogP contribution is 2.25. The third-order valence-corrected chi connectivity index (χ3v) is 3.22. The maximum absolute atomic E-state index is 11.0. The zero-order chi connectivity index (χ0) is 14.8. The number of hydrogen-bond donors (Lipinski definition) is 1. The average Bonchev–Trinajstić information content (AvgIpc) is 2.87. The first-order chi connectivity index (χ1) is 10.1. The highest BCUT2D eigenvalue weighted by Gasteiger charge is 2.13. The van der Waals surface area contributed by atoms with Crippen molar-refractivity contribution >= 4 is 17.0 Å². The van der Waals surface area contributed by atoms with Crippen molar-refractivity contribution in [2.24, 2.45) is 0 Å². The van der Waals surface area contributed by atoms with E-state index >= 15 is 0 Å². The summed E-state index contributed by atoms with van der Waals surface area (Å²) >= 11 is 0. The highest BCUT2D eigenvalue weighted by atomic mass is 16.6. The van der Waals surface area contributed by atoms with Crippen LogP contribution in [0.15, 0.2) is 48.8 Å². The molecule has 0 amide bonds. The summed E-state index contributed by atoms with van der Waals surface area (Å²) in [4.78, 5) is 15.1. The van der Waals surface area contributed by atoms with Crippen molar-refractivity contribution in [3.8, 4) is 0 Å². The maximum Gasteiger partial charge on any atom is 0.292 e. The standard InChI is InChI=1S/C15H14N4O2/c1-11-5-6-14(19(20)21)13(8-11)16-9-12-10-18-7-3-2-4-15(18)17-12/h2-8,10,16H,9H2,1H3. The van der Waals surface area contributed by atoms with Crippen molar-refractivity contribution in [2.45, 2.75) is 13.5 Å². The normalized spacial score (nSPS) is 10.7. The number of anilines is 1. The number of aryl methyl sites for hydroxylation is 1. The van der Waals surface area contributed by atoms with Crippen molar-refractivity contribution in [1.82, 2.24) is 9.38 Å². The minimum absolute atomic E-state index is 0.0735. The molecule has 0 saturated heterocycles. The van der Waals surface area contributed by atoms with Crippen LogP contribution in [0.25, 0.3) is 5.65 Å². The fraction of sp³-hybridized carbons (Fsp3) is 0.133. The zero-order valence-corrected chi connectivity index (χ0v) is 11.5. The van der Waals surface area contributed by atoms with Crippen LogP contribution in [0.4, 0.5) is 11.4 Å². The number of nitrogens with zero attached hydrogens (tertiary/aromatic N) is 3. The Kier molecular flexibility index (Phi) is 3.27. The summed E-state index contributed by atoms with van der Waals surface area (Å²) in [6, 6.07) is 10.8. The van der Waals surface area contributed by atoms with E-state index in [9.17, 15) is 10.1 Å². The van der Waals surface area contributed by atoms with E-state index in [4.69, 9.17) is 0 Å². The molecule has 6 heteroatoms. The summed E-state index contributed by atoms with van der Waals surface area (Å²) < 4.78 is 1.92. The van der Waals surface area contributed by atoms with Crippen LogP contribution < -0.4 is 5.32 Å². The van der Waals surface area contributed by atoms with Crippen molar-refractivity contribution in [2.75, 3.05) is 5.32 Å². The largest absolute Gasteiger partial charge is 0.374 e. The molecule has 0 bridgehead atoms. The predicted molar refractivity (Wildman–Crippen MR) is 80.4 cm³/mol. The molecule has 0 aliphatic heterocycles. The van der Waals surface area contributed by atoms with Gasteiger partial charge < -0.3 is 9.72 Å². The third kappa shape index (κ3) is 2.69. The van der Waals surface area contributed by atoms with E-state index in [0.29, 0.717) is 12.2 Å². The van der Waals surface area contributed by atoms with Crippen LogP contribution in [0.5, 0.6) is 0 Å². The number of rotatable bonds is 4. The van der Waals surface area contributed by atoms with Crippen LogP contribution in [-0.2, 0) is 6.54 Å². The van der Waals surface area contributed by atoms with Gasteiger partial charge in [0.25, 0.3) is 5.69 Å².